The fraction of sp³-hybridized carbons (Fsp3) is 0.385. The van der Waals surface area contributed by atoms with E-state index in [2.05, 4.69) is 4.98 Å². The van der Waals surface area contributed by atoms with Gasteiger partial charge in [0.15, 0.2) is 5.82 Å². The van der Waals surface area contributed by atoms with Crippen molar-refractivity contribution in [2.75, 3.05) is 6.61 Å². The standard InChI is InChI=1S/C13H14N2O3S/c16-12(17)8-18-15-10-5-2-1-4-9(10)14-13(15)11-6-3-7-19-11/h3,6-7H,1-2,4-5,8H2,(H,16,17). The van der Waals surface area contributed by atoms with Gasteiger partial charge in [-0.1, -0.05) is 6.07 Å². The molecular weight excluding hydrogens is 264 g/mol. The van der Waals surface area contributed by atoms with Crippen LogP contribution in [-0.2, 0) is 17.6 Å². The van der Waals surface area contributed by atoms with Gasteiger partial charge in [-0.05, 0) is 37.1 Å². The first-order chi connectivity index (χ1) is 9.25. The van der Waals surface area contributed by atoms with Crippen LogP contribution in [0.5, 0.6) is 0 Å². The number of carboxylic acid groups (broad SMARTS) is 1. The third-order valence-electron chi connectivity index (χ3n) is 3.15. The fourth-order valence-electron chi connectivity index (χ4n) is 2.33. The van der Waals surface area contributed by atoms with Crippen molar-refractivity contribution in [1.29, 1.82) is 0 Å². The first kappa shape index (κ1) is 12.2. The summed E-state index contributed by atoms with van der Waals surface area (Å²) in [6, 6.07) is 3.92. The van der Waals surface area contributed by atoms with Crippen LogP contribution in [0.15, 0.2) is 17.5 Å². The zero-order valence-corrected chi connectivity index (χ0v) is 11.2. The number of aromatic nitrogens is 2. The highest BCUT2D eigenvalue weighted by Gasteiger charge is 2.22. The highest BCUT2D eigenvalue weighted by Crippen LogP contribution is 2.29. The maximum absolute atomic E-state index is 10.7. The highest BCUT2D eigenvalue weighted by atomic mass is 32.1. The average Bonchev–Trinajstić information content (AvgIpc) is 3.03. The molecule has 5 nitrogen and oxygen atoms in total. The Morgan fingerprint density at radius 3 is 3.05 bits per heavy atom. The number of carbonyl (C=O) groups is 1. The molecule has 1 N–H and O–H groups in total. The molecule has 100 valence electrons. The van der Waals surface area contributed by atoms with Crippen LogP contribution in [0.1, 0.15) is 24.2 Å². The van der Waals surface area contributed by atoms with Crippen molar-refractivity contribution in [3.05, 3.63) is 28.9 Å². The second-order valence-electron chi connectivity index (χ2n) is 4.47. The minimum absolute atomic E-state index is 0.346. The lowest BCUT2D eigenvalue weighted by Crippen LogP contribution is -2.22. The molecule has 19 heavy (non-hydrogen) atoms. The van der Waals surface area contributed by atoms with Gasteiger partial charge in [-0.25, -0.2) is 9.78 Å². The Bertz CT molecular complexity index is 589. The second-order valence-corrected chi connectivity index (χ2v) is 5.42. The number of thiophene rings is 1. The van der Waals surface area contributed by atoms with Crippen LogP contribution in [0.2, 0.25) is 0 Å². The van der Waals surface area contributed by atoms with Crippen molar-refractivity contribution in [2.24, 2.45) is 0 Å². The molecule has 1 aliphatic carbocycles. The van der Waals surface area contributed by atoms with Gasteiger partial charge in [0.25, 0.3) is 0 Å². The molecule has 0 unspecified atom stereocenters. The van der Waals surface area contributed by atoms with E-state index in [1.54, 1.807) is 16.1 Å². The number of hydrogen-bond acceptors (Lipinski definition) is 4. The topological polar surface area (TPSA) is 64.3 Å². The summed E-state index contributed by atoms with van der Waals surface area (Å²) >= 11 is 1.58. The lowest BCUT2D eigenvalue weighted by Gasteiger charge is -2.14. The second kappa shape index (κ2) is 5.05. The molecule has 0 saturated carbocycles. The summed E-state index contributed by atoms with van der Waals surface area (Å²) in [6.07, 6.45) is 4.07. The van der Waals surface area contributed by atoms with Crippen molar-refractivity contribution in [1.82, 2.24) is 9.71 Å². The minimum atomic E-state index is -0.976. The molecule has 1 aliphatic rings. The fourth-order valence-corrected chi connectivity index (χ4v) is 3.03. The quantitative estimate of drug-likeness (QED) is 0.929. The normalized spacial score (nSPS) is 14.1. The molecule has 0 atom stereocenters. The maximum Gasteiger partial charge on any atom is 0.344 e. The third-order valence-corrected chi connectivity index (χ3v) is 4.01. The summed E-state index contributed by atoms with van der Waals surface area (Å²) < 4.78 is 1.62. The largest absolute Gasteiger partial charge is 0.479 e. The van der Waals surface area contributed by atoms with Gasteiger partial charge in [-0.3, -0.25) is 0 Å². The molecule has 2 aromatic heterocycles. The zero-order chi connectivity index (χ0) is 13.2. The highest BCUT2D eigenvalue weighted by molar-refractivity contribution is 7.13. The van der Waals surface area contributed by atoms with Crippen molar-refractivity contribution < 1.29 is 14.7 Å². The Hall–Kier alpha value is -1.82. The Morgan fingerprint density at radius 2 is 2.32 bits per heavy atom. The van der Waals surface area contributed by atoms with E-state index in [0.717, 1.165) is 47.8 Å². The van der Waals surface area contributed by atoms with E-state index < -0.39 is 5.97 Å². The molecule has 0 saturated heterocycles. The number of nitrogens with zero attached hydrogens (tertiary/aromatic N) is 2. The molecule has 2 aromatic rings. The smallest absolute Gasteiger partial charge is 0.344 e. The molecule has 0 radical (unpaired) electrons. The summed E-state index contributed by atoms with van der Waals surface area (Å²) in [7, 11) is 0. The SMILES string of the molecule is O=C(O)COn1c(-c2cccs2)nc2c1CCCC2. The summed E-state index contributed by atoms with van der Waals surface area (Å²) in [6.45, 7) is -0.346. The van der Waals surface area contributed by atoms with E-state index >= 15 is 0 Å². The van der Waals surface area contributed by atoms with Crippen LogP contribution in [0, 0.1) is 0 Å². The first-order valence-electron chi connectivity index (χ1n) is 6.25. The third kappa shape index (κ3) is 2.35. The number of fused-ring (bicyclic) bond motifs is 1. The Kier molecular flexibility index (Phi) is 3.25. The molecule has 6 heteroatoms. The van der Waals surface area contributed by atoms with Gasteiger partial charge >= 0.3 is 5.97 Å². The number of carboxylic acids is 1. The predicted octanol–water partition coefficient (Wildman–Crippen LogP) is 2.00. The minimum Gasteiger partial charge on any atom is -0.479 e. The Morgan fingerprint density at radius 1 is 1.47 bits per heavy atom. The van der Waals surface area contributed by atoms with Crippen molar-refractivity contribution in [3.63, 3.8) is 0 Å². The summed E-state index contributed by atoms with van der Waals surface area (Å²) in [5.41, 5.74) is 2.07. The molecule has 0 bridgehead atoms. The molecule has 0 amide bonds. The summed E-state index contributed by atoms with van der Waals surface area (Å²) in [4.78, 5) is 21.8. The number of rotatable bonds is 4. The lowest BCUT2D eigenvalue weighted by atomic mass is 10.0. The average molecular weight is 278 g/mol. The summed E-state index contributed by atoms with van der Waals surface area (Å²) in [5.74, 6) is -0.251. The molecule has 0 aliphatic heterocycles. The van der Waals surface area contributed by atoms with E-state index in [4.69, 9.17) is 9.94 Å². The van der Waals surface area contributed by atoms with E-state index in [0.29, 0.717) is 0 Å². The summed E-state index contributed by atoms with van der Waals surface area (Å²) in [5, 5.41) is 10.8. The van der Waals surface area contributed by atoms with Gasteiger partial charge in [-0.2, -0.15) is 4.73 Å². The van der Waals surface area contributed by atoms with Crippen LogP contribution < -0.4 is 4.84 Å². The van der Waals surface area contributed by atoms with E-state index in [1.165, 1.54) is 0 Å². The van der Waals surface area contributed by atoms with Gasteiger partial charge < -0.3 is 9.94 Å². The van der Waals surface area contributed by atoms with Gasteiger partial charge in [0.2, 0.25) is 6.61 Å². The molecule has 2 heterocycles. The van der Waals surface area contributed by atoms with Crippen LogP contribution >= 0.6 is 11.3 Å². The molecular formula is C13H14N2O3S. The maximum atomic E-state index is 10.7. The van der Waals surface area contributed by atoms with Crippen LogP contribution in [0.3, 0.4) is 0 Å². The number of aliphatic carboxylic acids is 1. The van der Waals surface area contributed by atoms with Gasteiger partial charge in [0, 0.05) is 0 Å². The van der Waals surface area contributed by atoms with E-state index in [1.807, 2.05) is 17.5 Å². The molecule has 0 spiro atoms. The van der Waals surface area contributed by atoms with E-state index in [9.17, 15) is 4.79 Å². The zero-order valence-electron chi connectivity index (χ0n) is 10.3. The van der Waals surface area contributed by atoms with Crippen LogP contribution in [0.4, 0.5) is 0 Å². The number of aryl methyl sites for hydroxylation is 1. The van der Waals surface area contributed by atoms with Gasteiger partial charge in [0.1, 0.15) is 0 Å². The van der Waals surface area contributed by atoms with Crippen LogP contribution in [0.25, 0.3) is 10.7 Å². The van der Waals surface area contributed by atoms with Gasteiger partial charge in [-0.15, -0.1) is 11.3 Å². The Balaban J connectivity index is 2.02. The first-order valence-corrected chi connectivity index (χ1v) is 7.13. The predicted molar refractivity (Wildman–Crippen MR) is 71.3 cm³/mol. The molecule has 0 fully saturated rings. The van der Waals surface area contributed by atoms with Crippen molar-refractivity contribution >= 4 is 17.3 Å². The Labute approximate surface area is 114 Å². The lowest BCUT2D eigenvalue weighted by molar-refractivity contribution is -0.142. The van der Waals surface area contributed by atoms with Gasteiger partial charge in [0.05, 0.1) is 16.3 Å². The van der Waals surface area contributed by atoms with Crippen molar-refractivity contribution in [2.45, 2.75) is 25.7 Å². The van der Waals surface area contributed by atoms with Crippen LogP contribution in [-0.4, -0.2) is 27.4 Å². The molecule has 0 aromatic carbocycles. The van der Waals surface area contributed by atoms with E-state index in [-0.39, 0.29) is 6.61 Å². The van der Waals surface area contributed by atoms with Crippen molar-refractivity contribution in [3.8, 4) is 10.7 Å². The monoisotopic (exact) mass is 278 g/mol. The molecule has 3 rings (SSSR count). The number of hydrogen-bond donors (Lipinski definition) is 1. The number of imidazole rings is 1.